The average molecular weight is 261 g/mol. The Morgan fingerprint density at radius 2 is 2.18 bits per heavy atom. The van der Waals surface area contributed by atoms with Crippen molar-refractivity contribution in [3.05, 3.63) is 12.3 Å². The quantitative estimate of drug-likeness (QED) is 0.774. The lowest BCUT2D eigenvalue weighted by Crippen LogP contribution is -2.45. The van der Waals surface area contributed by atoms with Crippen LogP contribution >= 0.6 is 0 Å². The third-order valence-corrected chi connectivity index (χ3v) is 3.83. The molecule has 17 heavy (non-hydrogen) atoms. The number of hydrogen-bond donors (Lipinski definition) is 2. The molecule has 1 aromatic rings. The average Bonchev–Trinajstić information content (AvgIpc) is 2.46. The molecule has 0 aliphatic rings. The minimum absolute atomic E-state index is 0.00374. The number of rotatable bonds is 5. The lowest BCUT2D eigenvalue weighted by atomic mass is 10.0. The fourth-order valence-electron chi connectivity index (χ4n) is 1.46. The van der Waals surface area contributed by atoms with Crippen LogP contribution < -0.4 is 4.72 Å². The number of aromatic nitrogens is 2. The smallest absolute Gasteiger partial charge is 0.305 e. The van der Waals surface area contributed by atoms with Crippen molar-refractivity contribution in [3.63, 3.8) is 0 Å². The Kier molecular flexibility index (Phi) is 3.58. The summed E-state index contributed by atoms with van der Waals surface area (Å²) in [7, 11) is -2.27. The van der Waals surface area contributed by atoms with E-state index in [1.165, 1.54) is 37.8 Å². The molecule has 0 spiro atoms. The zero-order valence-electron chi connectivity index (χ0n) is 9.84. The Morgan fingerprint density at radius 1 is 1.59 bits per heavy atom. The van der Waals surface area contributed by atoms with Gasteiger partial charge in [-0.25, -0.2) is 13.1 Å². The largest absolute Gasteiger partial charge is 0.481 e. The summed E-state index contributed by atoms with van der Waals surface area (Å²) in [6, 6.07) is 1.35. The van der Waals surface area contributed by atoms with Crippen molar-refractivity contribution >= 4 is 16.0 Å². The maximum Gasteiger partial charge on any atom is 0.305 e. The molecule has 0 aliphatic heterocycles. The molecule has 8 heteroatoms. The van der Waals surface area contributed by atoms with Crippen molar-refractivity contribution in [2.45, 2.75) is 30.8 Å². The molecule has 0 radical (unpaired) electrons. The first-order valence-electron chi connectivity index (χ1n) is 4.88. The highest BCUT2D eigenvalue weighted by Crippen LogP contribution is 2.14. The van der Waals surface area contributed by atoms with Gasteiger partial charge in [-0.15, -0.1) is 0 Å². The highest BCUT2D eigenvalue weighted by molar-refractivity contribution is 7.89. The SMILES string of the molecule is Cn1nccc1S(=O)(=O)NC(C)(C)CC(=O)O. The molecule has 0 fully saturated rings. The van der Waals surface area contributed by atoms with Crippen LogP contribution in [0.5, 0.6) is 0 Å². The second kappa shape index (κ2) is 4.46. The highest BCUT2D eigenvalue weighted by atomic mass is 32.2. The van der Waals surface area contributed by atoms with Gasteiger partial charge in [0.05, 0.1) is 12.6 Å². The lowest BCUT2D eigenvalue weighted by Gasteiger charge is -2.23. The molecule has 0 amide bonds. The first kappa shape index (κ1) is 13.7. The first-order chi connectivity index (χ1) is 7.64. The summed E-state index contributed by atoms with van der Waals surface area (Å²) in [6.45, 7) is 3.02. The Labute approximate surface area is 99.5 Å². The van der Waals surface area contributed by atoms with E-state index in [0.29, 0.717) is 0 Å². The van der Waals surface area contributed by atoms with Crippen LogP contribution in [0.1, 0.15) is 20.3 Å². The van der Waals surface area contributed by atoms with Gasteiger partial charge >= 0.3 is 5.97 Å². The van der Waals surface area contributed by atoms with E-state index < -0.39 is 21.5 Å². The van der Waals surface area contributed by atoms with Crippen LogP contribution in [0.25, 0.3) is 0 Å². The van der Waals surface area contributed by atoms with Crippen molar-refractivity contribution in [2.75, 3.05) is 0 Å². The van der Waals surface area contributed by atoms with E-state index >= 15 is 0 Å². The van der Waals surface area contributed by atoms with Crippen molar-refractivity contribution in [3.8, 4) is 0 Å². The van der Waals surface area contributed by atoms with Gasteiger partial charge in [0, 0.05) is 12.6 Å². The molecule has 0 saturated heterocycles. The van der Waals surface area contributed by atoms with Gasteiger partial charge in [-0.3, -0.25) is 9.48 Å². The lowest BCUT2D eigenvalue weighted by molar-refractivity contribution is -0.138. The molecular weight excluding hydrogens is 246 g/mol. The maximum atomic E-state index is 11.9. The molecule has 0 aromatic carbocycles. The second-order valence-corrected chi connectivity index (χ2v) is 5.98. The number of aryl methyl sites for hydroxylation is 1. The van der Waals surface area contributed by atoms with Crippen LogP contribution in [-0.4, -0.2) is 34.8 Å². The van der Waals surface area contributed by atoms with Crippen molar-refractivity contribution in [2.24, 2.45) is 7.05 Å². The molecule has 2 N–H and O–H groups in total. The zero-order valence-corrected chi connectivity index (χ0v) is 10.7. The Balaban J connectivity index is 2.95. The number of carboxylic acid groups (broad SMARTS) is 1. The van der Waals surface area contributed by atoms with Gasteiger partial charge in [0.1, 0.15) is 0 Å². The maximum absolute atomic E-state index is 11.9. The minimum atomic E-state index is -3.76. The summed E-state index contributed by atoms with van der Waals surface area (Å²) >= 11 is 0. The molecule has 0 unspecified atom stereocenters. The Morgan fingerprint density at radius 3 is 2.59 bits per heavy atom. The van der Waals surface area contributed by atoms with Crippen molar-refractivity contribution in [1.82, 2.24) is 14.5 Å². The summed E-state index contributed by atoms with van der Waals surface area (Å²) in [5.74, 6) is -1.07. The predicted octanol–water partition coefficient (Wildman–Crippen LogP) is -0.0483. The normalized spacial score (nSPS) is 12.6. The minimum Gasteiger partial charge on any atom is -0.481 e. The predicted molar refractivity (Wildman–Crippen MR) is 59.9 cm³/mol. The number of carboxylic acids is 1. The number of carbonyl (C=O) groups is 1. The zero-order chi connectivity index (χ0) is 13.3. The van der Waals surface area contributed by atoms with E-state index in [1.54, 1.807) is 0 Å². The molecular formula is C9H15N3O4S. The van der Waals surface area contributed by atoms with Crippen LogP contribution in [0.3, 0.4) is 0 Å². The van der Waals surface area contributed by atoms with Gasteiger partial charge in [0.25, 0.3) is 10.0 Å². The van der Waals surface area contributed by atoms with E-state index in [1.807, 2.05) is 0 Å². The van der Waals surface area contributed by atoms with Gasteiger partial charge in [-0.1, -0.05) is 0 Å². The van der Waals surface area contributed by atoms with Crippen molar-refractivity contribution < 1.29 is 18.3 Å². The van der Waals surface area contributed by atoms with E-state index in [9.17, 15) is 13.2 Å². The van der Waals surface area contributed by atoms with E-state index in [0.717, 1.165) is 0 Å². The van der Waals surface area contributed by atoms with E-state index in [4.69, 9.17) is 5.11 Å². The van der Waals surface area contributed by atoms with Crippen LogP contribution in [0.4, 0.5) is 0 Å². The topological polar surface area (TPSA) is 101 Å². The van der Waals surface area contributed by atoms with E-state index in [2.05, 4.69) is 9.82 Å². The van der Waals surface area contributed by atoms with Gasteiger partial charge in [-0.05, 0) is 19.9 Å². The number of nitrogens with zero attached hydrogens (tertiary/aromatic N) is 2. The molecule has 1 heterocycles. The van der Waals surface area contributed by atoms with Gasteiger partial charge < -0.3 is 5.11 Å². The Bertz CT molecular complexity index is 518. The van der Waals surface area contributed by atoms with Crippen LogP contribution in [0, 0.1) is 0 Å². The fraction of sp³-hybridized carbons (Fsp3) is 0.556. The number of nitrogens with one attached hydrogen (secondary N) is 1. The molecule has 1 aromatic heterocycles. The van der Waals surface area contributed by atoms with Crippen LogP contribution in [0.15, 0.2) is 17.3 Å². The van der Waals surface area contributed by atoms with Crippen LogP contribution in [0.2, 0.25) is 0 Å². The van der Waals surface area contributed by atoms with Gasteiger partial charge in [-0.2, -0.15) is 5.10 Å². The molecule has 0 saturated carbocycles. The van der Waals surface area contributed by atoms with Gasteiger partial charge in [0.15, 0.2) is 5.03 Å². The number of aliphatic carboxylic acids is 1. The summed E-state index contributed by atoms with van der Waals surface area (Å²) in [5.41, 5.74) is -1.06. The van der Waals surface area contributed by atoms with Crippen molar-refractivity contribution in [1.29, 1.82) is 0 Å². The molecule has 0 bridgehead atoms. The molecule has 7 nitrogen and oxygen atoms in total. The molecule has 96 valence electrons. The fourth-order valence-corrected chi connectivity index (χ4v) is 2.99. The summed E-state index contributed by atoms with van der Waals surface area (Å²) < 4.78 is 27.4. The summed E-state index contributed by atoms with van der Waals surface area (Å²) in [5, 5.41) is 12.4. The standard InChI is InChI=1S/C9H15N3O4S/c1-9(2,6-8(13)14)11-17(15,16)7-4-5-10-12(7)3/h4-5,11H,6H2,1-3H3,(H,13,14). The third kappa shape index (κ3) is 3.53. The first-order valence-corrected chi connectivity index (χ1v) is 6.36. The highest BCUT2D eigenvalue weighted by Gasteiger charge is 2.29. The summed E-state index contributed by atoms with van der Waals surface area (Å²) in [6.07, 6.45) is 1.06. The monoisotopic (exact) mass is 261 g/mol. The molecule has 1 rings (SSSR count). The van der Waals surface area contributed by atoms with Gasteiger partial charge in [0.2, 0.25) is 0 Å². The van der Waals surface area contributed by atoms with Crippen LogP contribution in [-0.2, 0) is 21.9 Å². The third-order valence-electron chi connectivity index (χ3n) is 2.06. The Hall–Kier alpha value is -1.41. The molecule has 0 atom stereocenters. The summed E-state index contributed by atoms with van der Waals surface area (Å²) in [4.78, 5) is 10.6. The van der Waals surface area contributed by atoms with E-state index in [-0.39, 0.29) is 11.4 Å². The second-order valence-electron chi connectivity index (χ2n) is 4.35. The molecule has 0 aliphatic carbocycles. The number of hydrogen-bond acceptors (Lipinski definition) is 4. The number of sulfonamides is 1.